The van der Waals surface area contributed by atoms with E-state index in [1.54, 1.807) is 0 Å². The molecule has 1 aliphatic rings. The van der Waals surface area contributed by atoms with Gasteiger partial charge in [-0.2, -0.15) is 0 Å². The van der Waals surface area contributed by atoms with Gasteiger partial charge in [-0.3, -0.25) is 0 Å². The van der Waals surface area contributed by atoms with Gasteiger partial charge in [-0.1, -0.05) is 47.5 Å². The van der Waals surface area contributed by atoms with Crippen molar-refractivity contribution in [1.29, 1.82) is 0 Å². The largest absolute Gasteiger partial charge is 0.324 e. The lowest BCUT2D eigenvalue weighted by Gasteiger charge is -2.27. The molecule has 1 aromatic carbocycles. The molecule has 2 N–H and O–H groups in total. The van der Waals surface area contributed by atoms with Gasteiger partial charge in [0.25, 0.3) is 0 Å². The number of rotatable bonds is 3. The molecule has 106 valence electrons. The molecule has 0 fully saturated rings. The molecule has 2 unspecified atom stereocenters. The van der Waals surface area contributed by atoms with Crippen molar-refractivity contribution in [3.63, 3.8) is 0 Å². The van der Waals surface area contributed by atoms with Crippen molar-refractivity contribution in [3.05, 3.63) is 55.7 Å². The van der Waals surface area contributed by atoms with Gasteiger partial charge < -0.3 is 5.73 Å². The van der Waals surface area contributed by atoms with E-state index >= 15 is 0 Å². The summed E-state index contributed by atoms with van der Waals surface area (Å²) in [5.41, 5.74) is 10.3. The first-order valence-corrected chi connectivity index (χ1v) is 8.50. The van der Waals surface area contributed by atoms with Crippen LogP contribution in [0.1, 0.15) is 47.9 Å². The van der Waals surface area contributed by atoms with E-state index in [0.717, 1.165) is 16.3 Å². The maximum absolute atomic E-state index is 6.36. The van der Waals surface area contributed by atoms with E-state index in [9.17, 15) is 0 Å². The van der Waals surface area contributed by atoms with Crippen LogP contribution in [0.3, 0.4) is 0 Å². The molecule has 20 heavy (non-hydrogen) atoms. The highest BCUT2D eigenvalue weighted by Gasteiger charge is 2.24. The molecule has 1 aliphatic carbocycles. The monoisotopic (exact) mass is 325 g/mol. The Kier molecular flexibility index (Phi) is 4.37. The number of nitrogens with two attached hydrogens (primary N) is 1. The molecule has 0 amide bonds. The first-order valence-electron chi connectivity index (χ1n) is 6.93. The third-order valence-corrected chi connectivity index (χ3v) is 5.63. The average molecular weight is 326 g/mol. The van der Waals surface area contributed by atoms with Crippen LogP contribution in [0, 0.1) is 0 Å². The van der Waals surface area contributed by atoms with Crippen molar-refractivity contribution in [2.24, 2.45) is 5.73 Å². The van der Waals surface area contributed by atoms with E-state index in [2.05, 4.69) is 24.3 Å². The lowest BCUT2D eigenvalue weighted by Crippen LogP contribution is -2.17. The van der Waals surface area contributed by atoms with Crippen LogP contribution >= 0.6 is 34.5 Å². The quantitative estimate of drug-likeness (QED) is 0.784. The molecule has 0 saturated heterocycles. The second-order valence-corrected chi connectivity index (χ2v) is 7.70. The Hall–Kier alpha value is -0.540. The van der Waals surface area contributed by atoms with Crippen LogP contribution in [0.4, 0.5) is 0 Å². The molecule has 1 aromatic heterocycles. The molecule has 2 atom stereocenters. The summed E-state index contributed by atoms with van der Waals surface area (Å²) in [5, 5.41) is 0. The number of hydrogen-bond acceptors (Lipinski definition) is 2. The normalized spacial score (nSPS) is 19.6. The lowest BCUT2D eigenvalue weighted by molar-refractivity contribution is 0.477. The minimum Gasteiger partial charge on any atom is -0.324 e. The fraction of sp³-hybridized carbons (Fsp3) is 0.375. The van der Waals surface area contributed by atoms with E-state index in [-0.39, 0.29) is 6.04 Å². The Morgan fingerprint density at radius 3 is 2.85 bits per heavy atom. The molecule has 0 spiro atoms. The highest BCUT2D eigenvalue weighted by atomic mass is 35.5. The highest BCUT2D eigenvalue weighted by Crippen LogP contribution is 2.40. The first-order chi connectivity index (χ1) is 9.65. The Bertz CT molecular complexity index is 608. The molecule has 1 heterocycles. The van der Waals surface area contributed by atoms with Crippen LogP contribution in [-0.4, -0.2) is 0 Å². The summed E-state index contributed by atoms with van der Waals surface area (Å²) in [7, 11) is 0. The molecule has 0 radical (unpaired) electrons. The van der Waals surface area contributed by atoms with Gasteiger partial charge >= 0.3 is 0 Å². The SMILES string of the molecule is NC(CC1CCCc2ccccc21)c1cc(Cl)sc1Cl. The second-order valence-electron chi connectivity index (χ2n) is 5.41. The highest BCUT2D eigenvalue weighted by molar-refractivity contribution is 7.20. The number of benzene rings is 1. The van der Waals surface area contributed by atoms with E-state index in [4.69, 9.17) is 28.9 Å². The lowest BCUT2D eigenvalue weighted by atomic mass is 9.79. The Morgan fingerprint density at radius 1 is 1.30 bits per heavy atom. The Balaban J connectivity index is 1.80. The Labute approximate surface area is 133 Å². The maximum atomic E-state index is 6.36. The molecule has 0 aliphatic heterocycles. The summed E-state index contributed by atoms with van der Waals surface area (Å²) in [6.07, 6.45) is 4.57. The fourth-order valence-electron chi connectivity index (χ4n) is 3.14. The smallest absolute Gasteiger partial charge is 0.0991 e. The van der Waals surface area contributed by atoms with Crippen molar-refractivity contribution >= 4 is 34.5 Å². The van der Waals surface area contributed by atoms with Crippen molar-refractivity contribution in [2.45, 2.75) is 37.6 Å². The number of fused-ring (bicyclic) bond motifs is 1. The number of aryl methyl sites for hydroxylation is 1. The van der Waals surface area contributed by atoms with Crippen LogP contribution in [-0.2, 0) is 6.42 Å². The standard InChI is InChI=1S/C16H17Cl2NS/c17-15-9-13(16(18)20-15)14(19)8-11-6-3-5-10-4-1-2-7-12(10)11/h1-2,4,7,9,11,14H,3,5-6,8,19H2. The van der Waals surface area contributed by atoms with Gasteiger partial charge in [-0.25, -0.2) is 0 Å². The van der Waals surface area contributed by atoms with Gasteiger partial charge in [0.15, 0.2) is 0 Å². The number of halogens is 2. The molecule has 1 nitrogen and oxygen atoms in total. The van der Waals surface area contributed by atoms with E-state index in [0.29, 0.717) is 10.3 Å². The van der Waals surface area contributed by atoms with E-state index < -0.39 is 0 Å². The topological polar surface area (TPSA) is 26.0 Å². The van der Waals surface area contributed by atoms with Crippen molar-refractivity contribution in [2.75, 3.05) is 0 Å². The summed E-state index contributed by atoms with van der Waals surface area (Å²) < 4.78 is 1.44. The molecule has 4 heteroatoms. The molecule has 0 bridgehead atoms. The van der Waals surface area contributed by atoms with Crippen molar-refractivity contribution in [3.8, 4) is 0 Å². The molecule has 3 rings (SSSR count). The molecular formula is C16H17Cl2NS. The predicted octanol–water partition coefficient (Wildman–Crippen LogP) is 5.56. The zero-order valence-electron chi connectivity index (χ0n) is 11.1. The number of thiophene rings is 1. The van der Waals surface area contributed by atoms with Crippen LogP contribution in [0.5, 0.6) is 0 Å². The zero-order valence-corrected chi connectivity index (χ0v) is 13.4. The van der Waals surface area contributed by atoms with Crippen molar-refractivity contribution < 1.29 is 0 Å². The van der Waals surface area contributed by atoms with Crippen LogP contribution in [0.25, 0.3) is 0 Å². The van der Waals surface area contributed by atoms with Gasteiger partial charge in [0.1, 0.15) is 0 Å². The van der Waals surface area contributed by atoms with Gasteiger partial charge in [0.05, 0.1) is 8.67 Å². The Morgan fingerprint density at radius 2 is 2.10 bits per heavy atom. The second kappa shape index (κ2) is 6.07. The van der Waals surface area contributed by atoms with E-state index in [1.165, 1.54) is 41.7 Å². The minimum absolute atomic E-state index is 0.0394. The summed E-state index contributed by atoms with van der Waals surface area (Å²) >= 11 is 13.6. The summed E-state index contributed by atoms with van der Waals surface area (Å²) in [6, 6.07) is 10.6. The third kappa shape index (κ3) is 2.89. The average Bonchev–Trinajstić information content (AvgIpc) is 2.78. The fourth-order valence-corrected chi connectivity index (χ4v) is 4.74. The summed E-state index contributed by atoms with van der Waals surface area (Å²) in [4.78, 5) is 0. The zero-order chi connectivity index (χ0) is 14.1. The van der Waals surface area contributed by atoms with E-state index in [1.807, 2.05) is 6.07 Å². The number of hydrogen-bond donors (Lipinski definition) is 1. The van der Waals surface area contributed by atoms with Crippen molar-refractivity contribution in [1.82, 2.24) is 0 Å². The van der Waals surface area contributed by atoms with Gasteiger partial charge in [-0.05, 0) is 54.4 Å². The minimum atomic E-state index is -0.0394. The van der Waals surface area contributed by atoms with Gasteiger partial charge in [0.2, 0.25) is 0 Å². The van der Waals surface area contributed by atoms with Gasteiger partial charge in [-0.15, -0.1) is 11.3 Å². The van der Waals surface area contributed by atoms with Crippen LogP contribution < -0.4 is 5.73 Å². The van der Waals surface area contributed by atoms with Crippen LogP contribution in [0.15, 0.2) is 30.3 Å². The predicted molar refractivity (Wildman–Crippen MR) is 88.0 cm³/mol. The molecular weight excluding hydrogens is 309 g/mol. The summed E-state index contributed by atoms with van der Waals surface area (Å²) in [6.45, 7) is 0. The molecule has 2 aromatic rings. The summed E-state index contributed by atoms with van der Waals surface area (Å²) in [5.74, 6) is 0.532. The maximum Gasteiger partial charge on any atom is 0.0991 e. The van der Waals surface area contributed by atoms with Gasteiger partial charge in [0, 0.05) is 6.04 Å². The van der Waals surface area contributed by atoms with Crippen LogP contribution in [0.2, 0.25) is 8.67 Å². The first kappa shape index (κ1) is 14.4. The molecule has 0 saturated carbocycles. The third-order valence-electron chi connectivity index (χ3n) is 4.11.